The van der Waals surface area contributed by atoms with Crippen LogP contribution in [0.15, 0.2) is 116 Å². The van der Waals surface area contributed by atoms with Crippen LogP contribution in [0.4, 0.5) is 0 Å². The number of ketones is 1. The summed E-state index contributed by atoms with van der Waals surface area (Å²) in [6.07, 6.45) is 3.53. The summed E-state index contributed by atoms with van der Waals surface area (Å²) in [5.74, 6) is 0.234. The van der Waals surface area contributed by atoms with Crippen molar-refractivity contribution in [2.75, 3.05) is 6.79 Å². The van der Waals surface area contributed by atoms with Crippen molar-refractivity contribution in [3.05, 3.63) is 154 Å². The predicted octanol–water partition coefficient (Wildman–Crippen LogP) is 6.47. The molecule has 6 heteroatoms. The van der Waals surface area contributed by atoms with Gasteiger partial charge in [0.25, 0.3) is 0 Å². The van der Waals surface area contributed by atoms with E-state index in [9.17, 15) is 4.79 Å². The maximum absolute atomic E-state index is 13.8. The predicted molar refractivity (Wildman–Crippen MR) is 142 cm³/mol. The van der Waals surface area contributed by atoms with Crippen LogP contribution in [0, 0.1) is 0 Å². The number of carbonyl (C=O) groups excluding carboxylic acids is 1. The van der Waals surface area contributed by atoms with E-state index < -0.39 is 5.54 Å². The zero-order valence-electron chi connectivity index (χ0n) is 19.9. The van der Waals surface area contributed by atoms with Gasteiger partial charge in [0, 0.05) is 16.8 Å². The molecule has 5 aromatic rings. The van der Waals surface area contributed by atoms with Crippen molar-refractivity contribution in [3.8, 4) is 5.75 Å². The molecule has 0 amide bonds. The second kappa shape index (κ2) is 9.69. The Bertz CT molecular complexity index is 1450. The lowest BCUT2D eigenvalue weighted by molar-refractivity contribution is -0.0167. The highest BCUT2D eigenvalue weighted by Gasteiger charge is 2.39. The molecule has 0 bridgehead atoms. The van der Waals surface area contributed by atoms with Crippen molar-refractivity contribution < 1.29 is 14.3 Å². The lowest BCUT2D eigenvalue weighted by atomic mass is 9.77. The first-order valence-electron chi connectivity index (χ1n) is 12.0. The standard InChI is InChI=1S/C31H23ClN2O3/c32-26-16-22-19-36-21-37-30(22)27(17-26)29(35)28-18-34(20-33-28)31(23-10-4-1-5-11-23,24-12-6-2-7-13-24)25-14-8-3-9-15-25/h1-18,20H,19,21H2. The molecule has 5 nitrogen and oxygen atoms in total. The Morgan fingerprint density at radius 2 is 1.41 bits per heavy atom. The third-order valence-electron chi connectivity index (χ3n) is 6.70. The number of hydrogen-bond donors (Lipinski definition) is 0. The molecule has 0 unspecified atom stereocenters. The normalized spacial score (nSPS) is 13.0. The molecule has 0 saturated carbocycles. The summed E-state index contributed by atoms with van der Waals surface area (Å²) in [7, 11) is 0. The molecule has 37 heavy (non-hydrogen) atoms. The quantitative estimate of drug-likeness (QED) is 0.195. The Morgan fingerprint density at radius 3 is 1.97 bits per heavy atom. The van der Waals surface area contributed by atoms with Crippen LogP contribution in [0.25, 0.3) is 0 Å². The molecule has 4 aromatic carbocycles. The summed E-state index contributed by atoms with van der Waals surface area (Å²) in [6.45, 7) is 0.423. The van der Waals surface area contributed by atoms with E-state index in [1.807, 2.05) is 65.4 Å². The Balaban J connectivity index is 1.55. The van der Waals surface area contributed by atoms with E-state index in [1.54, 1.807) is 18.5 Å². The highest BCUT2D eigenvalue weighted by atomic mass is 35.5. The van der Waals surface area contributed by atoms with Crippen molar-refractivity contribution in [2.24, 2.45) is 0 Å². The van der Waals surface area contributed by atoms with E-state index in [1.165, 1.54) is 0 Å². The third-order valence-corrected chi connectivity index (χ3v) is 6.91. The van der Waals surface area contributed by atoms with E-state index in [2.05, 4.69) is 41.4 Å². The van der Waals surface area contributed by atoms with E-state index in [4.69, 9.17) is 21.1 Å². The highest BCUT2D eigenvalue weighted by Crippen LogP contribution is 2.41. The number of aromatic nitrogens is 2. The minimum atomic E-state index is -0.757. The minimum Gasteiger partial charge on any atom is -0.466 e. The summed E-state index contributed by atoms with van der Waals surface area (Å²) < 4.78 is 13.1. The first-order valence-corrected chi connectivity index (χ1v) is 12.3. The Labute approximate surface area is 219 Å². The SMILES string of the molecule is O=C(c1cn(C(c2ccccc2)(c2ccccc2)c2ccccc2)cn1)c1cc(Cl)cc2c1OCOC2. The summed E-state index contributed by atoms with van der Waals surface area (Å²) >= 11 is 6.34. The molecule has 1 aliphatic rings. The van der Waals surface area contributed by atoms with Gasteiger partial charge in [0.15, 0.2) is 6.79 Å². The molecule has 0 radical (unpaired) electrons. The van der Waals surface area contributed by atoms with Crippen molar-refractivity contribution in [2.45, 2.75) is 12.1 Å². The third kappa shape index (κ3) is 4.02. The molecule has 6 rings (SSSR count). The van der Waals surface area contributed by atoms with Crippen molar-refractivity contribution in [3.63, 3.8) is 0 Å². The van der Waals surface area contributed by atoms with Gasteiger partial charge in [-0.2, -0.15) is 0 Å². The van der Waals surface area contributed by atoms with Crippen LogP contribution in [-0.4, -0.2) is 22.1 Å². The second-order valence-electron chi connectivity index (χ2n) is 8.86. The van der Waals surface area contributed by atoms with Crippen molar-refractivity contribution >= 4 is 17.4 Å². The molecule has 1 aliphatic heterocycles. The number of benzene rings is 4. The van der Waals surface area contributed by atoms with Gasteiger partial charge in [0.05, 0.1) is 18.5 Å². The molecule has 1 aromatic heterocycles. The van der Waals surface area contributed by atoms with Crippen LogP contribution in [0.5, 0.6) is 5.75 Å². The Kier molecular flexibility index (Phi) is 6.08. The van der Waals surface area contributed by atoms with Crippen molar-refractivity contribution in [1.82, 2.24) is 9.55 Å². The van der Waals surface area contributed by atoms with Crippen molar-refractivity contribution in [1.29, 1.82) is 0 Å². The fourth-order valence-corrected chi connectivity index (χ4v) is 5.34. The molecular formula is C31H23ClN2O3. The summed E-state index contributed by atoms with van der Waals surface area (Å²) in [6, 6.07) is 34.1. The number of nitrogens with zero attached hydrogens (tertiary/aromatic N) is 2. The molecule has 2 heterocycles. The maximum Gasteiger partial charge on any atom is 0.216 e. The van der Waals surface area contributed by atoms with Gasteiger partial charge in [-0.25, -0.2) is 4.98 Å². The summed E-state index contributed by atoms with van der Waals surface area (Å²) in [5.41, 5.74) is 3.80. The summed E-state index contributed by atoms with van der Waals surface area (Å²) in [4.78, 5) is 18.4. The van der Waals surface area contributed by atoms with Crippen LogP contribution in [0.1, 0.15) is 38.3 Å². The molecule has 0 saturated heterocycles. The van der Waals surface area contributed by atoms with Gasteiger partial charge in [-0.3, -0.25) is 4.79 Å². The van der Waals surface area contributed by atoms with Gasteiger partial charge >= 0.3 is 0 Å². The van der Waals surface area contributed by atoms with Crippen LogP contribution in [0.3, 0.4) is 0 Å². The molecule has 0 fully saturated rings. The average Bonchev–Trinajstić information content (AvgIpc) is 3.45. The lowest BCUT2D eigenvalue weighted by Crippen LogP contribution is -2.37. The minimum absolute atomic E-state index is 0.0858. The largest absolute Gasteiger partial charge is 0.466 e. The average molecular weight is 507 g/mol. The zero-order valence-corrected chi connectivity index (χ0v) is 20.6. The smallest absolute Gasteiger partial charge is 0.216 e. The highest BCUT2D eigenvalue weighted by molar-refractivity contribution is 6.31. The zero-order chi connectivity index (χ0) is 25.2. The number of carbonyl (C=O) groups is 1. The van der Waals surface area contributed by atoms with Gasteiger partial charge < -0.3 is 14.0 Å². The van der Waals surface area contributed by atoms with Crippen LogP contribution >= 0.6 is 11.6 Å². The summed E-state index contributed by atoms with van der Waals surface area (Å²) in [5, 5.41) is 0.447. The number of ether oxygens (including phenoxy) is 2. The van der Waals surface area contributed by atoms with Crippen LogP contribution < -0.4 is 4.74 Å². The number of fused-ring (bicyclic) bond motifs is 1. The fourth-order valence-electron chi connectivity index (χ4n) is 5.10. The monoisotopic (exact) mass is 506 g/mol. The molecule has 0 spiro atoms. The number of halogens is 1. The molecule has 182 valence electrons. The van der Waals surface area contributed by atoms with Gasteiger partial charge in [0.1, 0.15) is 17.0 Å². The van der Waals surface area contributed by atoms with E-state index in [0.29, 0.717) is 28.6 Å². The Morgan fingerprint density at radius 1 is 0.838 bits per heavy atom. The van der Waals surface area contributed by atoms with Gasteiger partial charge in [-0.1, -0.05) is 103 Å². The number of rotatable bonds is 6. The van der Waals surface area contributed by atoms with Gasteiger partial charge in [-0.05, 0) is 28.8 Å². The first-order chi connectivity index (χ1) is 18.2. The van der Waals surface area contributed by atoms with E-state index >= 15 is 0 Å². The van der Waals surface area contributed by atoms with E-state index in [-0.39, 0.29) is 12.6 Å². The maximum atomic E-state index is 13.8. The van der Waals surface area contributed by atoms with Crippen LogP contribution in [0.2, 0.25) is 5.02 Å². The molecule has 0 N–H and O–H groups in total. The number of hydrogen-bond acceptors (Lipinski definition) is 4. The first kappa shape index (κ1) is 23.2. The van der Waals surface area contributed by atoms with E-state index in [0.717, 1.165) is 22.3 Å². The Hall–Kier alpha value is -4.19. The fraction of sp³-hybridized carbons (Fsp3) is 0.0968. The topological polar surface area (TPSA) is 53.4 Å². The van der Waals surface area contributed by atoms with Gasteiger partial charge in [-0.15, -0.1) is 0 Å². The van der Waals surface area contributed by atoms with Gasteiger partial charge in [0.2, 0.25) is 5.78 Å². The molecular weight excluding hydrogens is 484 g/mol. The molecule has 0 aliphatic carbocycles. The molecule has 0 atom stereocenters. The lowest BCUT2D eigenvalue weighted by Gasteiger charge is -2.37. The van der Waals surface area contributed by atoms with Crippen LogP contribution in [-0.2, 0) is 16.9 Å². The number of imidazole rings is 1. The second-order valence-corrected chi connectivity index (χ2v) is 9.29.